The van der Waals surface area contributed by atoms with Crippen LogP contribution in [0.5, 0.6) is 5.75 Å². The maximum Gasteiger partial charge on any atom is 0.126 e. The van der Waals surface area contributed by atoms with Crippen LogP contribution in [0, 0.1) is 0 Å². The summed E-state index contributed by atoms with van der Waals surface area (Å²) < 4.78 is 6.35. The Morgan fingerprint density at radius 2 is 2.25 bits per heavy atom. The summed E-state index contributed by atoms with van der Waals surface area (Å²) in [4.78, 5) is 0. The van der Waals surface area contributed by atoms with Crippen molar-refractivity contribution in [3.05, 3.63) is 34.3 Å². The van der Waals surface area contributed by atoms with Gasteiger partial charge < -0.3 is 10.1 Å². The maximum absolute atomic E-state index is 5.29. The molecule has 3 heteroatoms. The van der Waals surface area contributed by atoms with E-state index in [-0.39, 0.29) is 0 Å². The molecule has 0 saturated heterocycles. The van der Waals surface area contributed by atoms with E-state index in [1.54, 1.807) is 7.11 Å². The largest absolute Gasteiger partial charge is 0.496 e. The van der Waals surface area contributed by atoms with Crippen molar-refractivity contribution in [1.82, 2.24) is 5.32 Å². The van der Waals surface area contributed by atoms with Gasteiger partial charge in [-0.2, -0.15) is 0 Å². The predicted molar refractivity (Wildman–Crippen MR) is 72.9 cm³/mol. The number of methoxy groups -OCH3 is 1. The molecule has 0 radical (unpaired) electrons. The molecule has 0 aliphatic heterocycles. The molecule has 16 heavy (non-hydrogen) atoms. The molecule has 0 atom stereocenters. The molecule has 1 N–H and O–H groups in total. The van der Waals surface area contributed by atoms with Crippen LogP contribution in [0.4, 0.5) is 0 Å². The monoisotopic (exact) mass is 283 g/mol. The van der Waals surface area contributed by atoms with Gasteiger partial charge in [0.15, 0.2) is 0 Å². The van der Waals surface area contributed by atoms with Gasteiger partial charge in [-0.15, -0.1) is 0 Å². The highest BCUT2D eigenvalue weighted by Gasteiger charge is 1.99. The van der Waals surface area contributed by atoms with Crippen molar-refractivity contribution in [3.8, 4) is 5.75 Å². The van der Waals surface area contributed by atoms with Gasteiger partial charge in [-0.1, -0.05) is 35.0 Å². The first-order valence-corrected chi connectivity index (χ1v) is 6.28. The zero-order chi connectivity index (χ0) is 11.8. The molecule has 0 spiro atoms. The number of rotatable bonds is 6. The van der Waals surface area contributed by atoms with Crippen molar-refractivity contribution in [2.45, 2.75) is 13.3 Å². The number of benzene rings is 1. The summed E-state index contributed by atoms with van der Waals surface area (Å²) in [7, 11) is 1.69. The molecule has 0 amide bonds. The Labute approximate surface area is 106 Å². The number of nitrogens with one attached hydrogen (secondary N) is 1. The summed E-state index contributed by atoms with van der Waals surface area (Å²) in [5.74, 6) is 0.898. The third-order valence-electron chi connectivity index (χ3n) is 2.18. The number of ether oxygens (including phenoxy) is 1. The van der Waals surface area contributed by atoms with Crippen molar-refractivity contribution >= 4 is 22.0 Å². The van der Waals surface area contributed by atoms with Crippen molar-refractivity contribution in [3.63, 3.8) is 0 Å². The van der Waals surface area contributed by atoms with E-state index in [4.69, 9.17) is 4.74 Å². The van der Waals surface area contributed by atoms with E-state index < -0.39 is 0 Å². The molecule has 88 valence electrons. The average molecular weight is 284 g/mol. The Balaban J connectivity index is 2.60. The molecule has 0 unspecified atom stereocenters. The van der Waals surface area contributed by atoms with E-state index in [0.717, 1.165) is 35.3 Å². The van der Waals surface area contributed by atoms with Crippen LogP contribution in [0.1, 0.15) is 18.9 Å². The van der Waals surface area contributed by atoms with Gasteiger partial charge in [0.1, 0.15) is 5.75 Å². The van der Waals surface area contributed by atoms with Crippen LogP contribution in [0.25, 0.3) is 6.08 Å². The smallest absolute Gasteiger partial charge is 0.126 e. The Morgan fingerprint density at radius 1 is 1.44 bits per heavy atom. The molecule has 0 saturated carbocycles. The molecule has 1 aromatic carbocycles. The molecule has 0 aliphatic carbocycles. The average Bonchev–Trinajstić information content (AvgIpc) is 2.29. The Kier molecular flexibility index (Phi) is 6.19. The van der Waals surface area contributed by atoms with Gasteiger partial charge in [-0.25, -0.2) is 0 Å². The second kappa shape index (κ2) is 7.47. The minimum Gasteiger partial charge on any atom is -0.496 e. The summed E-state index contributed by atoms with van der Waals surface area (Å²) in [5, 5.41) is 3.32. The number of halogens is 1. The van der Waals surface area contributed by atoms with Crippen molar-refractivity contribution in [2.75, 3.05) is 20.2 Å². The molecule has 0 heterocycles. The molecule has 2 nitrogen and oxygen atoms in total. The lowest BCUT2D eigenvalue weighted by atomic mass is 10.2. The summed E-state index contributed by atoms with van der Waals surface area (Å²) in [6.45, 7) is 4.11. The highest BCUT2D eigenvalue weighted by molar-refractivity contribution is 9.10. The molecule has 0 aliphatic rings. The molecule has 0 aromatic heterocycles. The van der Waals surface area contributed by atoms with Crippen LogP contribution in [0.15, 0.2) is 28.7 Å². The van der Waals surface area contributed by atoms with Gasteiger partial charge in [0.05, 0.1) is 7.11 Å². The fourth-order valence-corrected chi connectivity index (χ4v) is 1.76. The maximum atomic E-state index is 5.29. The first kappa shape index (κ1) is 13.3. The highest BCUT2D eigenvalue weighted by atomic mass is 79.9. The Hall–Kier alpha value is -0.800. The standard InChI is InChI=1S/C13H18BrNO/c1-3-8-15-9-4-5-11-10-12(14)6-7-13(11)16-2/h4-7,10,15H,3,8-9H2,1-2H3. The lowest BCUT2D eigenvalue weighted by molar-refractivity contribution is 0.414. The van der Waals surface area contributed by atoms with Crippen LogP contribution in [-0.2, 0) is 0 Å². The summed E-state index contributed by atoms with van der Waals surface area (Å²) in [6, 6.07) is 5.99. The Morgan fingerprint density at radius 3 is 2.94 bits per heavy atom. The zero-order valence-corrected chi connectivity index (χ0v) is 11.4. The van der Waals surface area contributed by atoms with Crippen molar-refractivity contribution in [2.24, 2.45) is 0 Å². The minimum absolute atomic E-state index is 0.892. The van der Waals surface area contributed by atoms with E-state index in [2.05, 4.69) is 46.4 Å². The fourth-order valence-electron chi connectivity index (χ4n) is 1.38. The minimum atomic E-state index is 0.892. The predicted octanol–water partition coefficient (Wildman–Crippen LogP) is 3.47. The topological polar surface area (TPSA) is 21.3 Å². The van der Waals surface area contributed by atoms with Gasteiger partial charge in [0.25, 0.3) is 0 Å². The zero-order valence-electron chi connectivity index (χ0n) is 9.79. The second-order valence-corrected chi connectivity index (χ2v) is 4.41. The lowest BCUT2D eigenvalue weighted by Gasteiger charge is -2.05. The van der Waals surface area contributed by atoms with Gasteiger partial charge in [-0.05, 0) is 31.2 Å². The fraction of sp³-hybridized carbons (Fsp3) is 0.385. The van der Waals surface area contributed by atoms with Crippen molar-refractivity contribution < 1.29 is 4.74 Å². The normalized spacial score (nSPS) is 10.9. The lowest BCUT2D eigenvalue weighted by Crippen LogP contribution is -2.13. The van der Waals surface area contributed by atoms with Crippen LogP contribution in [-0.4, -0.2) is 20.2 Å². The molecule has 0 bridgehead atoms. The number of hydrogen-bond acceptors (Lipinski definition) is 2. The van der Waals surface area contributed by atoms with Gasteiger partial charge >= 0.3 is 0 Å². The molecule has 1 rings (SSSR count). The highest BCUT2D eigenvalue weighted by Crippen LogP contribution is 2.23. The van der Waals surface area contributed by atoms with Gasteiger partial charge in [-0.3, -0.25) is 0 Å². The van der Waals surface area contributed by atoms with E-state index in [9.17, 15) is 0 Å². The van der Waals surface area contributed by atoms with E-state index in [1.165, 1.54) is 0 Å². The Bertz CT molecular complexity index is 350. The molecule has 0 fully saturated rings. The van der Waals surface area contributed by atoms with Gasteiger partial charge in [0, 0.05) is 16.6 Å². The third kappa shape index (κ3) is 4.37. The van der Waals surface area contributed by atoms with E-state index >= 15 is 0 Å². The molecule has 1 aromatic rings. The number of hydrogen-bond donors (Lipinski definition) is 1. The summed E-state index contributed by atoms with van der Waals surface area (Å²) in [6.07, 6.45) is 5.35. The van der Waals surface area contributed by atoms with Crippen LogP contribution in [0.2, 0.25) is 0 Å². The van der Waals surface area contributed by atoms with Crippen molar-refractivity contribution in [1.29, 1.82) is 0 Å². The molecular formula is C13H18BrNO. The van der Waals surface area contributed by atoms with E-state index in [0.29, 0.717) is 0 Å². The third-order valence-corrected chi connectivity index (χ3v) is 2.67. The summed E-state index contributed by atoms with van der Waals surface area (Å²) >= 11 is 3.45. The first-order chi connectivity index (χ1) is 7.77. The quantitative estimate of drug-likeness (QED) is 0.808. The molecular weight excluding hydrogens is 266 g/mol. The second-order valence-electron chi connectivity index (χ2n) is 3.49. The van der Waals surface area contributed by atoms with Crippen LogP contribution >= 0.6 is 15.9 Å². The van der Waals surface area contributed by atoms with Crippen LogP contribution in [0.3, 0.4) is 0 Å². The SMILES string of the molecule is CCCNCC=Cc1cc(Br)ccc1OC. The van der Waals surface area contributed by atoms with E-state index in [1.807, 2.05) is 12.1 Å². The first-order valence-electron chi connectivity index (χ1n) is 5.48. The van der Waals surface area contributed by atoms with Crippen LogP contribution < -0.4 is 10.1 Å². The summed E-state index contributed by atoms with van der Waals surface area (Å²) in [5.41, 5.74) is 1.09. The van der Waals surface area contributed by atoms with Gasteiger partial charge in [0.2, 0.25) is 0 Å².